The van der Waals surface area contributed by atoms with Crippen molar-refractivity contribution in [3.8, 4) is 0 Å². The van der Waals surface area contributed by atoms with Crippen molar-refractivity contribution >= 4 is 11.5 Å². The molecule has 1 aromatic rings. The number of nitrogens with zero attached hydrogens (tertiary/aromatic N) is 1. The molecule has 1 fully saturated rings. The molecule has 0 radical (unpaired) electrons. The van der Waals surface area contributed by atoms with Gasteiger partial charge in [-0.2, -0.15) is 0 Å². The molecule has 1 unspecified atom stereocenters. The van der Waals surface area contributed by atoms with Gasteiger partial charge >= 0.3 is 0 Å². The van der Waals surface area contributed by atoms with Crippen LogP contribution >= 0.6 is 0 Å². The normalized spacial score (nSPS) is 24.6. The molecule has 1 aromatic carbocycles. The Hall–Kier alpha value is -1.31. The Bertz CT molecular complexity index is 413. The van der Waals surface area contributed by atoms with Crippen LogP contribution in [0.3, 0.4) is 0 Å². The molecule has 0 aromatic heterocycles. The van der Waals surface area contributed by atoms with Crippen molar-refractivity contribution in [2.75, 3.05) is 11.4 Å². The first-order valence-electron chi connectivity index (χ1n) is 6.21. The Kier molecular flexibility index (Phi) is 2.43. The van der Waals surface area contributed by atoms with Crippen LogP contribution < -0.4 is 4.90 Å². The van der Waals surface area contributed by atoms with Crippen LogP contribution in [0.2, 0.25) is 0 Å². The molecule has 1 heterocycles. The predicted octanol–water partition coefficient (Wildman–Crippen LogP) is 2.56. The SMILES string of the molecule is O=C1CCCC(N2CCc3ccccc32)C1. The van der Waals surface area contributed by atoms with Crippen LogP contribution in [0.25, 0.3) is 0 Å². The van der Waals surface area contributed by atoms with Gasteiger partial charge in [0.25, 0.3) is 0 Å². The van der Waals surface area contributed by atoms with Gasteiger partial charge < -0.3 is 4.90 Å². The van der Waals surface area contributed by atoms with E-state index in [9.17, 15) is 4.79 Å². The highest BCUT2D eigenvalue weighted by Crippen LogP contribution is 2.33. The summed E-state index contributed by atoms with van der Waals surface area (Å²) in [4.78, 5) is 14.0. The maximum Gasteiger partial charge on any atom is 0.134 e. The van der Waals surface area contributed by atoms with E-state index in [0.29, 0.717) is 11.8 Å². The van der Waals surface area contributed by atoms with E-state index in [1.807, 2.05) is 0 Å². The molecule has 0 saturated heterocycles. The highest BCUT2D eigenvalue weighted by atomic mass is 16.1. The Morgan fingerprint density at radius 3 is 2.94 bits per heavy atom. The fraction of sp³-hybridized carbons (Fsp3) is 0.500. The minimum absolute atomic E-state index is 0.445. The molecule has 0 spiro atoms. The number of hydrogen-bond donors (Lipinski definition) is 0. The molecule has 0 N–H and O–H groups in total. The summed E-state index contributed by atoms with van der Waals surface area (Å²) < 4.78 is 0. The van der Waals surface area contributed by atoms with Crippen molar-refractivity contribution in [1.29, 1.82) is 0 Å². The molecule has 1 aliphatic carbocycles. The highest BCUT2D eigenvalue weighted by molar-refractivity contribution is 5.80. The van der Waals surface area contributed by atoms with E-state index in [-0.39, 0.29) is 0 Å². The molecule has 1 saturated carbocycles. The molecule has 0 amide bonds. The number of Topliss-reactive ketones (excluding diaryl/α,β-unsaturated/α-hetero) is 1. The first kappa shape index (κ1) is 9.88. The van der Waals surface area contributed by atoms with E-state index in [4.69, 9.17) is 0 Å². The second kappa shape index (κ2) is 3.93. The van der Waals surface area contributed by atoms with Crippen molar-refractivity contribution in [3.05, 3.63) is 29.8 Å². The highest BCUT2D eigenvalue weighted by Gasteiger charge is 2.29. The average Bonchev–Trinajstić information content (AvgIpc) is 2.72. The summed E-state index contributed by atoms with van der Waals surface area (Å²) in [6.45, 7) is 1.09. The van der Waals surface area contributed by atoms with Crippen LogP contribution in [-0.2, 0) is 11.2 Å². The maximum absolute atomic E-state index is 11.5. The second-order valence-corrected chi connectivity index (χ2v) is 4.86. The summed E-state index contributed by atoms with van der Waals surface area (Å²) in [7, 11) is 0. The number of carbonyl (C=O) groups excluding carboxylic acids is 1. The number of carbonyl (C=O) groups is 1. The minimum atomic E-state index is 0.445. The molecule has 84 valence electrons. The van der Waals surface area contributed by atoms with Crippen LogP contribution in [0.15, 0.2) is 24.3 Å². The van der Waals surface area contributed by atoms with E-state index in [0.717, 1.165) is 32.2 Å². The molecule has 2 aliphatic rings. The van der Waals surface area contributed by atoms with Crippen LogP contribution in [0, 0.1) is 0 Å². The lowest BCUT2D eigenvalue weighted by molar-refractivity contribution is -0.120. The largest absolute Gasteiger partial charge is 0.368 e. The molecule has 1 aliphatic heterocycles. The van der Waals surface area contributed by atoms with Gasteiger partial charge in [-0.05, 0) is 30.9 Å². The van der Waals surface area contributed by atoms with E-state index in [1.54, 1.807) is 0 Å². The topological polar surface area (TPSA) is 20.3 Å². The zero-order valence-corrected chi connectivity index (χ0v) is 9.48. The fourth-order valence-electron chi connectivity index (χ4n) is 3.01. The minimum Gasteiger partial charge on any atom is -0.368 e. The molecule has 1 atom stereocenters. The van der Waals surface area contributed by atoms with E-state index in [1.165, 1.54) is 17.7 Å². The van der Waals surface area contributed by atoms with Gasteiger partial charge in [-0.1, -0.05) is 18.2 Å². The van der Waals surface area contributed by atoms with Gasteiger partial charge in [-0.15, -0.1) is 0 Å². The molecule has 2 nitrogen and oxygen atoms in total. The zero-order valence-electron chi connectivity index (χ0n) is 9.48. The zero-order chi connectivity index (χ0) is 11.0. The summed E-state index contributed by atoms with van der Waals surface area (Å²) >= 11 is 0. The summed E-state index contributed by atoms with van der Waals surface area (Å²) in [6.07, 6.45) is 4.95. The number of rotatable bonds is 1. The molecule has 16 heavy (non-hydrogen) atoms. The lowest BCUT2D eigenvalue weighted by Gasteiger charge is -2.32. The predicted molar refractivity (Wildman–Crippen MR) is 64.8 cm³/mol. The first-order chi connectivity index (χ1) is 7.84. The summed E-state index contributed by atoms with van der Waals surface area (Å²) in [5, 5.41) is 0. The number of para-hydroxylation sites is 1. The quantitative estimate of drug-likeness (QED) is 0.717. The van der Waals surface area contributed by atoms with Gasteiger partial charge in [-0.25, -0.2) is 0 Å². The number of hydrogen-bond acceptors (Lipinski definition) is 2. The van der Waals surface area contributed by atoms with Crippen molar-refractivity contribution in [3.63, 3.8) is 0 Å². The number of fused-ring (bicyclic) bond motifs is 1. The van der Waals surface area contributed by atoms with Gasteiger partial charge in [0.1, 0.15) is 5.78 Å². The van der Waals surface area contributed by atoms with Gasteiger partial charge in [0.2, 0.25) is 0 Å². The Balaban J connectivity index is 1.84. The Labute approximate surface area is 96.3 Å². The number of ketones is 1. The maximum atomic E-state index is 11.5. The smallest absolute Gasteiger partial charge is 0.134 e. The molecule has 2 heteroatoms. The van der Waals surface area contributed by atoms with E-state index in [2.05, 4.69) is 29.2 Å². The van der Waals surface area contributed by atoms with Crippen LogP contribution in [0.1, 0.15) is 31.2 Å². The molecular formula is C14H17NO. The lowest BCUT2D eigenvalue weighted by atomic mass is 9.93. The average molecular weight is 215 g/mol. The van der Waals surface area contributed by atoms with Crippen molar-refractivity contribution in [1.82, 2.24) is 0 Å². The third-order valence-electron chi connectivity index (χ3n) is 3.82. The third-order valence-corrected chi connectivity index (χ3v) is 3.82. The Morgan fingerprint density at radius 2 is 2.06 bits per heavy atom. The van der Waals surface area contributed by atoms with Gasteiger partial charge in [0.05, 0.1) is 0 Å². The van der Waals surface area contributed by atoms with Gasteiger partial charge in [-0.3, -0.25) is 4.79 Å². The van der Waals surface area contributed by atoms with Crippen molar-refractivity contribution < 1.29 is 4.79 Å². The molecule has 0 bridgehead atoms. The fourth-order valence-corrected chi connectivity index (χ4v) is 3.01. The van der Waals surface area contributed by atoms with Crippen molar-refractivity contribution in [2.45, 2.75) is 38.1 Å². The monoisotopic (exact) mass is 215 g/mol. The van der Waals surface area contributed by atoms with Gasteiger partial charge in [0.15, 0.2) is 0 Å². The molecular weight excluding hydrogens is 198 g/mol. The number of benzene rings is 1. The Morgan fingerprint density at radius 1 is 1.19 bits per heavy atom. The van der Waals surface area contributed by atoms with Crippen LogP contribution in [-0.4, -0.2) is 18.4 Å². The van der Waals surface area contributed by atoms with Crippen molar-refractivity contribution in [2.24, 2.45) is 0 Å². The third kappa shape index (κ3) is 1.62. The van der Waals surface area contributed by atoms with E-state index >= 15 is 0 Å². The van der Waals surface area contributed by atoms with Crippen LogP contribution in [0.5, 0.6) is 0 Å². The summed E-state index contributed by atoms with van der Waals surface area (Å²) in [6, 6.07) is 9.07. The lowest BCUT2D eigenvalue weighted by Crippen LogP contribution is -2.37. The summed E-state index contributed by atoms with van der Waals surface area (Å²) in [5.74, 6) is 0.445. The summed E-state index contributed by atoms with van der Waals surface area (Å²) in [5.41, 5.74) is 2.81. The standard InChI is InChI=1S/C14H17NO/c16-13-6-3-5-12(10-13)15-9-8-11-4-1-2-7-14(11)15/h1-2,4,7,12H,3,5-6,8-10H2. The van der Waals surface area contributed by atoms with Gasteiger partial charge in [0, 0.05) is 31.1 Å². The van der Waals surface area contributed by atoms with Crippen LogP contribution in [0.4, 0.5) is 5.69 Å². The number of anilines is 1. The second-order valence-electron chi connectivity index (χ2n) is 4.86. The first-order valence-corrected chi connectivity index (χ1v) is 6.21. The molecule has 3 rings (SSSR count). The van der Waals surface area contributed by atoms with E-state index < -0.39 is 0 Å².